The molecule has 1 aromatic heterocycles. The van der Waals surface area contributed by atoms with E-state index in [9.17, 15) is 0 Å². The van der Waals surface area contributed by atoms with Gasteiger partial charge in [0.1, 0.15) is 23.4 Å². The Kier molecular flexibility index (Phi) is 6.53. The van der Waals surface area contributed by atoms with Crippen LogP contribution in [0.2, 0.25) is 0 Å². The third-order valence-corrected chi connectivity index (χ3v) is 4.02. The van der Waals surface area contributed by atoms with Gasteiger partial charge in [0.2, 0.25) is 0 Å². The molecule has 0 amide bonds. The predicted molar refractivity (Wildman–Crippen MR) is 106 cm³/mol. The second-order valence-electron chi connectivity index (χ2n) is 5.80. The van der Waals surface area contributed by atoms with E-state index in [-0.39, 0.29) is 30.1 Å². The molecule has 1 aliphatic heterocycles. The molecule has 2 N–H and O–H groups in total. The highest BCUT2D eigenvalue weighted by atomic mass is 127. The van der Waals surface area contributed by atoms with Crippen LogP contribution >= 0.6 is 24.0 Å². The monoisotopic (exact) mass is 441 g/mol. The molecular formula is C18H24IN3O2. The first-order valence-electron chi connectivity index (χ1n) is 7.90. The summed E-state index contributed by atoms with van der Waals surface area (Å²) in [4.78, 5) is 4.26. The number of hydrogen-bond donors (Lipinski definition) is 2. The summed E-state index contributed by atoms with van der Waals surface area (Å²) in [7, 11) is 1.77. The first-order valence-corrected chi connectivity index (χ1v) is 7.90. The highest BCUT2D eigenvalue weighted by Crippen LogP contribution is 2.27. The lowest BCUT2D eigenvalue weighted by Crippen LogP contribution is -2.41. The molecule has 2 heterocycles. The number of guanidine groups is 1. The van der Waals surface area contributed by atoms with Crippen molar-refractivity contribution < 1.29 is 9.15 Å². The Balaban J connectivity index is 0.00000208. The van der Waals surface area contributed by atoms with Crippen molar-refractivity contribution in [2.24, 2.45) is 4.99 Å². The van der Waals surface area contributed by atoms with E-state index in [0.717, 1.165) is 41.8 Å². The van der Waals surface area contributed by atoms with Crippen molar-refractivity contribution in [3.8, 4) is 5.75 Å². The van der Waals surface area contributed by atoms with Gasteiger partial charge in [0, 0.05) is 25.6 Å². The summed E-state index contributed by atoms with van der Waals surface area (Å²) in [6, 6.07) is 10.2. The van der Waals surface area contributed by atoms with E-state index < -0.39 is 0 Å². The van der Waals surface area contributed by atoms with Crippen molar-refractivity contribution in [1.82, 2.24) is 10.6 Å². The molecule has 1 atom stereocenters. The van der Waals surface area contributed by atoms with Crippen molar-refractivity contribution in [3.63, 3.8) is 0 Å². The van der Waals surface area contributed by atoms with Crippen LogP contribution in [0.25, 0.3) is 0 Å². The normalized spacial score (nSPS) is 16.1. The number of hydrogen-bond acceptors (Lipinski definition) is 3. The van der Waals surface area contributed by atoms with Gasteiger partial charge in [0.15, 0.2) is 5.96 Å². The van der Waals surface area contributed by atoms with Crippen molar-refractivity contribution in [3.05, 3.63) is 53.0 Å². The highest BCUT2D eigenvalue weighted by Gasteiger charge is 2.22. The second-order valence-corrected chi connectivity index (χ2v) is 5.80. The minimum Gasteiger partial charge on any atom is -0.488 e. The SMILES string of the molecule is CN=C(NCc1cc(C)oc1C)NCC1Cc2ccccc2O1.I. The van der Waals surface area contributed by atoms with Crippen LogP contribution in [-0.2, 0) is 13.0 Å². The molecule has 6 heteroatoms. The van der Waals surface area contributed by atoms with E-state index in [0.29, 0.717) is 6.54 Å². The first-order chi connectivity index (χ1) is 11.2. The van der Waals surface area contributed by atoms with Gasteiger partial charge in [-0.25, -0.2) is 0 Å². The fraction of sp³-hybridized carbons (Fsp3) is 0.389. The summed E-state index contributed by atoms with van der Waals surface area (Å²) >= 11 is 0. The number of furan rings is 1. The number of nitrogens with one attached hydrogen (secondary N) is 2. The van der Waals surface area contributed by atoms with Gasteiger partial charge in [0.05, 0.1) is 6.54 Å². The van der Waals surface area contributed by atoms with Crippen molar-refractivity contribution in [2.75, 3.05) is 13.6 Å². The largest absolute Gasteiger partial charge is 0.488 e. The van der Waals surface area contributed by atoms with Gasteiger partial charge in [-0.1, -0.05) is 18.2 Å². The quantitative estimate of drug-likeness (QED) is 0.435. The fourth-order valence-corrected chi connectivity index (χ4v) is 2.84. The average Bonchev–Trinajstić information content (AvgIpc) is 3.09. The number of aliphatic imine (C=N–C) groups is 1. The first kappa shape index (κ1) is 18.6. The lowest BCUT2D eigenvalue weighted by molar-refractivity contribution is 0.235. The number of benzene rings is 1. The lowest BCUT2D eigenvalue weighted by Gasteiger charge is -2.15. The van der Waals surface area contributed by atoms with E-state index in [1.54, 1.807) is 7.05 Å². The third-order valence-electron chi connectivity index (χ3n) is 4.02. The van der Waals surface area contributed by atoms with Crippen LogP contribution in [0.5, 0.6) is 5.75 Å². The minimum atomic E-state index is 0. The maximum Gasteiger partial charge on any atom is 0.191 e. The van der Waals surface area contributed by atoms with Gasteiger partial charge in [0.25, 0.3) is 0 Å². The molecule has 0 radical (unpaired) electrons. The predicted octanol–water partition coefficient (Wildman–Crippen LogP) is 3.18. The molecule has 1 aliphatic rings. The maximum atomic E-state index is 5.93. The molecule has 0 spiro atoms. The van der Waals surface area contributed by atoms with E-state index in [2.05, 4.69) is 21.7 Å². The molecule has 1 aromatic carbocycles. The van der Waals surface area contributed by atoms with E-state index in [4.69, 9.17) is 9.15 Å². The van der Waals surface area contributed by atoms with Crippen LogP contribution in [0, 0.1) is 13.8 Å². The minimum absolute atomic E-state index is 0. The molecule has 3 rings (SSSR count). The van der Waals surface area contributed by atoms with Crippen molar-refractivity contribution >= 4 is 29.9 Å². The molecule has 0 saturated carbocycles. The Hall–Kier alpha value is -1.70. The van der Waals surface area contributed by atoms with Crippen molar-refractivity contribution in [2.45, 2.75) is 32.9 Å². The Morgan fingerprint density at radius 3 is 2.71 bits per heavy atom. The van der Waals surface area contributed by atoms with Gasteiger partial charge in [-0.15, -0.1) is 24.0 Å². The summed E-state index contributed by atoms with van der Waals surface area (Å²) in [6.45, 7) is 5.34. The second kappa shape index (κ2) is 8.41. The van der Waals surface area contributed by atoms with Gasteiger partial charge >= 0.3 is 0 Å². The van der Waals surface area contributed by atoms with Gasteiger partial charge in [-0.3, -0.25) is 4.99 Å². The molecule has 2 aromatic rings. The Morgan fingerprint density at radius 1 is 1.25 bits per heavy atom. The maximum absolute atomic E-state index is 5.93. The van der Waals surface area contributed by atoms with E-state index in [1.165, 1.54) is 5.56 Å². The third kappa shape index (κ3) is 4.43. The number of ether oxygens (including phenoxy) is 1. The highest BCUT2D eigenvalue weighted by molar-refractivity contribution is 14.0. The van der Waals surface area contributed by atoms with Crippen LogP contribution < -0.4 is 15.4 Å². The number of halogens is 1. The Morgan fingerprint density at radius 2 is 2.04 bits per heavy atom. The number of para-hydroxylation sites is 1. The molecule has 24 heavy (non-hydrogen) atoms. The lowest BCUT2D eigenvalue weighted by atomic mass is 10.1. The summed E-state index contributed by atoms with van der Waals surface area (Å²) in [5, 5.41) is 6.63. The van der Waals surface area contributed by atoms with E-state index in [1.807, 2.05) is 38.1 Å². The number of fused-ring (bicyclic) bond motifs is 1. The molecule has 1 unspecified atom stereocenters. The topological polar surface area (TPSA) is 58.8 Å². The molecule has 0 bridgehead atoms. The smallest absolute Gasteiger partial charge is 0.191 e. The molecule has 0 aliphatic carbocycles. The van der Waals surface area contributed by atoms with Gasteiger partial charge in [-0.2, -0.15) is 0 Å². The van der Waals surface area contributed by atoms with Crippen LogP contribution in [0.3, 0.4) is 0 Å². The average molecular weight is 441 g/mol. The number of rotatable bonds is 4. The van der Waals surface area contributed by atoms with E-state index >= 15 is 0 Å². The molecule has 0 saturated heterocycles. The number of aryl methyl sites for hydroxylation is 2. The van der Waals surface area contributed by atoms with Crippen LogP contribution in [0.4, 0.5) is 0 Å². The van der Waals surface area contributed by atoms with Crippen LogP contribution in [0.1, 0.15) is 22.6 Å². The molecule has 5 nitrogen and oxygen atoms in total. The van der Waals surface area contributed by atoms with Crippen molar-refractivity contribution in [1.29, 1.82) is 0 Å². The fourth-order valence-electron chi connectivity index (χ4n) is 2.84. The molecule has 130 valence electrons. The summed E-state index contributed by atoms with van der Waals surface area (Å²) < 4.78 is 11.5. The zero-order valence-corrected chi connectivity index (χ0v) is 16.6. The zero-order valence-electron chi connectivity index (χ0n) is 14.3. The Labute approximate surface area is 159 Å². The summed E-state index contributed by atoms with van der Waals surface area (Å²) in [5.41, 5.74) is 2.42. The standard InChI is InChI=1S/C18H23N3O2.HI/c1-12-8-15(13(2)22-12)10-20-18(19-3)21-11-16-9-14-6-4-5-7-17(14)23-16;/h4-8,16H,9-11H2,1-3H3,(H2,19,20,21);1H. The van der Waals surface area contributed by atoms with Gasteiger partial charge in [-0.05, 0) is 31.5 Å². The zero-order chi connectivity index (χ0) is 16.2. The van der Waals surface area contributed by atoms with Crippen LogP contribution in [0.15, 0.2) is 39.7 Å². The summed E-state index contributed by atoms with van der Waals surface area (Å²) in [5.74, 6) is 3.63. The summed E-state index contributed by atoms with van der Waals surface area (Å²) in [6.07, 6.45) is 1.07. The number of nitrogens with zero attached hydrogens (tertiary/aromatic N) is 1. The Bertz CT molecular complexity index is 687. The van der Waals surface area contributed by atoms with Crippen LogP contribution in [-0.4, -0.2) is 25.7 Å². The van der Waals surface area contributed by atoms with Gasteiger partial charge < -0.3 is 19.8 Å². The molecular weight excluding hydrogens is 417 g/mol. The molecule has 0 fully saturated rings.